The van der Waals surface area contributed by atoms with E-state index in [4.69, 9.17) is 4.74 Å². The Labute approximate surface area is 169 Å². The molecule has 1 aliphatic rings. The molecular weight excluding hydrogens is 403 g/mol. The molecule has 0 aromatic carbocycles. The SMILES string of the molecule is CC(C)c1cnc(Nc2nc(-c3cc(OC4CC4)ccn3)ns2)cc1C(F)(F)F. The van der Waals surface area contributed by atoms with Crippen molar-refractivity contribution in [2.45, 2.75) is 44.9 Å². The molecule has 3 aromatic rings. The third-order valence-electron chi connectivity index (χ3n) is 4.31. The highest BCUT2D eigenvalue weighted by Gasteiger charge is 2.34. The maximum absolute atomic E-state index is 13.4. The molecule has 4 rings (SSSR count). The predicted octanol–water partition coefficient (Wildman–Crippen LogP) is 5.42. The number of nitrogens with zero attached hydrogens (tertiary/aromatic N) is 4. The number of ether oxygens (including phenoxy) is 1. The van der Waals surface area contributed by atoms with Crippen molar-refractivity contribution in [2.75, 3.05) is 5.32 Å². The number of nitrogens with one attached hydrogen (secondary N) is 1. The summed E-state index contributed by atoms with van der Waals surface area (Å²) in [5.41, 5.74) is -0.0226. The van der Waals surface area contributed by atoms with E-state index < -0.39 is 11.7 Å². The van der Waals surface area contributed by atoms with Crippen molar-refractivity contribution in [3.8, 4) is 17.3 Å². The molecule has 0 unspecified atom stereocenters. The Morgan fingerprint density at radius 3 is 2.69 bits per heavy atom. The number of hydrogen-bond donors (Lipinski definition) is 1. The van der Waals surface area contributed by atoms with Crippen molar-refractivity contribution in [3.05, 3.63) is 41.7 Å². The van der Waals surface area contributed by atoms with Gasteiger partial charge in [-0.15, -0.1) is 0 Å². The fourth-order valence-corrected chi connectivity index (χ4v) is 3.30. The predicted molar refractivity (Wildman–Crippen MR) is 103 cm³/mol. The summed E-state index contributed by atoms with van der Waals surface area (Å²) >= 11 is 1.02. The first-order chi connectivity index (χ1) is 13.8. The Bertz CT molecular complexity index is 1020. The molecule has 3 aromatic heterocycles. The van der Waals surface area contributed by atoms with Gasteiger partial charge in [0.25, 0.3) is 0 Å². The second-order valence-electron chi connectivity index (χ2n) is 7.05. The molecule has 0 atom stereocenters. The maximum Gasteiger partial charge on any atom is 0.416 e. The zero-order chi connectivity index (χ0) is 20.6. The van der Waals surface area contributed by atoms with Crippen LogP contribution in [-0.2, 0) is 6.18 Å². The Morgan fingerprint density at radius 2 is 2.00 bits per heavy atom. The highest BCUT2D eigenvalue weighted by Crippen LogP contribution is 2.36. The molecular formula is C19H18F3N5OS. The summed E-state index contributed by atoms with van der Waals surface area (Å²) in [5, 5.41) is 3.13. The van der Waals surface area contributed by atoms with Gasteiger partial charge in [0, 0.05) is 30.0 Å². The van der Waals surface area contributed by atoms with Gasteiger partial charge >= 0.3 is 6.18 Å². The minimum atomic E-state index is -4.46. The summed E-state index contributed by atoms with van der Waals surface area (Å²) in [6, 6.07) is 4.52. The lowest BCUT2D eigenvalue weighted by Crippen LogP contribution is -2.11. The average molecular weight is 421 g/mol. The molecule has 0 spiro atoms. The van der Waals surface area contributed by atoms with Gasteiger partial charge in [0.15, 0.2) is 5.82 Å². The van der Waals surface area contributed by atoms with Crippen LogP contribution in [0.1, 0.15) is 43.7 Å². The van der Waals surface area contributed by atoms with Crippen molar-refractivity contribution < 1.29 is 17.9 Å². The van der Waals surface area contributed by atoms with E-state index in [1.807, 2.05) is 0 Å². The molecule has 0 amide bonds. The Kier molecular flexibility index (Phi) is 5.12. The third kappa shape index (κ3) is 4.64. The number of hydrogen-bond acceptors (Lipinski definition) is 7. The topological polar surface area (TPSA) is 72.8 Å². The molecule has 1 fully saturated rings. The smallest absolute Gasteiger partial charge is 0.416 e. The van der Waals surface area contributed by atoms with Gasteiger partial charge in [-0.2, -0.15) is 22.5 Å². The lowest BCUT2D eigenvalue weighted by Gasteiger charge is -2.16. The highest BCUT2D eigenvalue weighted by atomic mass is 32.1. The van der Waals surface area contributed by atoms with Crippen LogP contribution >= 0.6 is 11.5 Å². The van der Waals surface area contributed by atoms with Crippen LogP contribution in [0.15, 0.2) is 30.6 Å². The van der Waals surface area contributed by atoms with Crippen molar-refractivity contribution in [2.24, 2.45) is 0 Å². The normalized spacial score (nSPS) is 14.3. The van der Waals surface area contributed by atoms with Crippen LogP contribution in [0, 0.1) is 0 Å². The molecule has 6 nitrogen and oxygen atoms in total. The van der Waals surface area contributed by atoms with E-state index in [1.54, 1.807) is 32.2 Å². The fourth-order valence-electron chi connectivity index (χ4n) is 2.71. The average Bonchev–Trinajstić information content (AvgIpc) is 3.36. The van der Waals surface area contributed by atoms with Crippen LogP contribution in [0.5, 0.6) is 5.75 Å². The van der Waals surface area contributed by atoms with E-state index in [0.717, 1.165) is 30.4 Å². The number of aromatic nitrogens is 4. The van der Waals surface area contributed by atoms with E-state index in [2.05, 4.69) is 24.6 Å². The maximum atomic E-state index is 13.4. The van der Waals surface area contributed by atoms with E-state index in [0.29, 0.717) is 22.4 Å². The second kappa shape index (κ2) is 7.58. The minimum absolute atomic E-state index is 0.0585. The minimum Gasteiger partial charge on any atom is -0.490 e. The quantitative estimate of drug-likeness (QED) is 0.573. The molecule has 0 saturated heterocycles. The van der Waals surface area contributed by atoms with Gasteiger partial charge in [-0.3, -0.25) is 4.98 Å². The van der Waals surface area contributed by atoms with Crippen molar-refractivity contribution in [3.63, 3.8) is 0 Å². The van der Waals surface area contributed by atoms with Crippen LogP contribution in [0.3, 0.4) is 0 Å². The van der Waals surface area contributed by atoms with E-state index in [-0.39, 0.29) is 23.4 Å². The summed E-state index contributed by atoms with van der Waals surface area (Å²) < 4.78 is 50.1. The van der Waals surface area contributed by atoms with Crippen molar-refractivity contribution in [1.82, 2.24) is 19.3 Å². The first kappa shape index (κ1) is 19.6. The van der Waals surface area contributed by atoms with Gasteiger partial charge in [0.1, 0.15) is 17.3 Å². The summed E-state index contributed by atoms with van der Waals surface area (Å²) in [4.78, 5) is 12.7. The van der Waals surface area contributed by atoms with Gasteiger partial charge < -0.3 is 10.1 Å². The molecule has 29 heavy (non-hydrogen) atoms. The number of halogens is 3. The van der Waals surface area contributed by atoms with Crippen LogP contribution in [0.2, 0.25) is 0 Å². The van der Waals surface area contributed by atoms with Gasteiger partial charge in [-0.1, -0.05) is 13.8 Å². The standard InChI is InChI=1S/C19H18F3N5OS/c1-10(2)13-9-24-16(8-14(13)19(20,21)22)25-18-26-17(27-29-18)15-7-12(5-6-23-15)28-11-3-4-11/h5-11H,3-4H2,1-2H3,(H,24,25,26,27). The third-order valence-corrected chi connectivity index (χ3v) is 4.94. The molecule has 0 bridgehead atoms. The van der Waals surface area contributed by atoms with Gasteiger partial charge in [0.2, 0.25) is 5.13 Å². The molecule has 152 valence electrons. The fraction of sp³-hybridized carbons (Fsp3) is 0.368. The molecule has 10 heteroatoms. The van der Waals surface area contributed by atoms with Crippen LogP contribution in [-0.4, -0.2) is 25.4 Å². The molecule has 3 heterocycles. The molecule has 1 aliphatic carbocycles. The first-order valence-corrected chi connectivity index (χ1v) is 9.88. The summed E-state index contributed by atoms with van der Waals surface area (Å²) in [5.74, 6) is 0.830. The molecule has 1 saturated carbocycles. The summed E-state index contributed by atoms with van der Waals surface area (Å²) in [6.45, 7) is 3.40. The molecule has 0 radical (unpaired) electrons. The number of alkyl halides is 3. The Morgan fingerprint density at radius 1 is 1.21 bits per heavy atom. The zero-order valence-electron chi connectivity index (χ0n) is 15.7. The van der Waals surface area contributed by atoms with Crippen LogP contribution in [0.25, 0.3) is 11.5 Å². The van der Waals surface area contributed by atoms with Crippen molar-refractivity contribution in [1.29, 1.82) is 0 Å². The lowest BCUT2D eigenvalue weighted by molar-refractivity contribution is -0.138. The van der Waals surface area contributed by atoms with E-state index >= 15 is 0 Å². The number of anilines is 2. The Hall–Kier alpha value is -2.75. The van der Waals surface area contributed by atoms with Gasteiger partial charge in [-0.25, -0.2) is 4.98 Å². The van der Waals surface area contributed by atoms with Crippen LogP contribution < -0.4 is 10.1 Å². The van der Waals surface area contributed by atoms with Gasteiger partial charge in [-0.05, 0) is 36.5 Å². The number of rotatable bonds is 6. The lowest BCUT2D eigenvalue weighted by atomic mass is 9.99. The summed E-state index contributed by atoms with van der Waals surface area (Å²) in [6.07, 6.45) is 0.749. The Balaban J connectivity index is 1.55. The summed E-state index contributed by atoms with van der Waals surface area (Å²) in [7, 11) is 0. The highest BCUT2D eigenvalue weighted by molar-refractivity contribution is 7.09. The zero-order valence-corrected chi connectivity index (χ0v) is 16.5. The van der Waals surface area contributed by atoms with Crippen molar-refractivity contribution >= 4 is 22.5 Å². The van der Waals surface area contributed by atoms with Crippen LogP contribution in [0.4, 0.5) is 24.1 Å². The molecule has 1 N–H and O–H groups in total. The monoisotopic (exact) mass is 421 g/mol. The first-order valence-electron chi connectivity index (χ1n) is 9.10. The second-order valence-corrected chi connectivity index (χ2v) is 7.80. The number of pyridine rings is 2. The molecule has 0 aliphatic heterocycles. The van der Waals surface area contributed by atoms with E-state index in [1.165, 1.54) is 6.20 Å². The largest absolute Gasteiger partial charge is 0.490 e. The van der Waals surface area contributed by atoms with E-state index in [9.17, 15) is 13.2 Å². The van der Waals surface area contributed by atoms with Gasteiger partial charge in [0.05, 0.1) is 11.7 Å².